The highest BCUT2D eigenvalue weighted by molar-refractivity contribution is 6.06. The lowest BCUT2D eigenvalue weighted by atomic mass is 9.80. The summed E-state index contributed by atoms with van der Waals surface area (Å²) in [5, 5.41) is 12.3. The molecular formula is C25H27FN2O2. The van der Waals surface area contributed by atoms with Gasteiger partial charge in [0.15, 0.2) is 5.78 Å². The predicted molar refractivity (Wildman–Crippen MR) is 115 cm³/mol. The van der Waals surface area contributed by atoms with Gasteiger partial charge in [-0.25, -0.2) is 4.39 Å². The highest BCUT2D eigenvalue weighted by Gasteiger charge is 2.47. The molecule has 5 heteroatoms. The summed E-state index contributed by atoms with van der Waals surface area (Å²) in [5.41, 5.74) is 1.81. The molecule has 0 radical (unpaired) electrons. The van der Waals surface area contributed by atoms with E-state index in [4.69, 9.17) is 0 Å². The van der Waals surface area contributed by atoms with Crippen molar-refractivity contribution in [3.8, 4) is 0 Å². The Hall–Kier alpha value is -2.50. The molecule has 2 bridgehead atoms. The van der Waals surface area contributed by atoms with Gasteiger partial charge >= 0.3 is 0 Å². The van der Waals surface area contributed by atoms with Crippen LogP contribution < -0.4 is 0 Å². The fourth-order valence-corrected chi connectivity index (χ4v) is 5.61. The Labute approximate surface area is 175 Å². The third-order valence-corrected chi connectivity index (χ3v) is 7.07. The number of carbonyl (C=O) groups excluding carboxylic acids is 1. The number of para-hydroxylation sites is 1. The van der Waals surface area contributed by atoms with Crippen LogP contribution in [-0.2, 0) is 12.1 Å². The van der Waals surface area contributed by atoms with Crippen molar-refractivity contribution in [3.63, 3.8) is 0 Å². The maximum Gasteiger partial charge on any atom is 0.161 e. The van der Waals surface area contributed by atoms with Crippen LogP contribution in [0.5, 0.6) is 0 Å². The van der Waals surface area contributed by atoms with Crippen LogP contribution in [0.3, 0.4) is 0 Å². The first-order valence-corrected chi connectivity index (χ1v) is 10.8. The average Bonchev–Trinajstić information content (AvgIpc) is 3.22. The normalized spacial score (nSPS) is 26.4. The van der Waals surface area contributed by atoms with Crippen molar-refractivity contribution < 1.29 is 14.3 Å². The molecule has 5 rings (SSSR count). The number of hydrogen-bond acceptors (Lipinski definition) is 3. The molecule has 2 aromatic carbocycles. The maximum atomic E-state index is 13.3. The number of rotatable bonds is 5. The van der Waals surface area contributed by atoms with Crippen molar-refractivity contribution in [2.24, 2.45) is 0 Å². The standard InChI is InChI=1S/C25H27FN2O2/c1-17(29)23-16-27(24-5-3-2-4-22(23)24)12-13-28-20-10-11-21(28)15-25(30,14-20)18-6-8-19(26)9-7-18/h2-9,16,20-21,30H,10-15H2,1H3. The van der Waals surface area contributed by atoms with Gasteiger partial charge in [0, 0.05) is 47.8 Å². The van der Waals surface area contributed by atoms with Crippen molar-refractivity contribution in [2.75, 3.05) is 6.54 Å². The van der Waals surface area contributed by atoms with Gasteiger partial charge in [0.25, 0.3) is 0 Å². The third-order valence-electron chi connectivity index (χ3n) is 7.07. The van der Waals surface area contributed by atoms with Crippen molar-refractivity contribution in [2.45, 2.75) is 56.8 Å². The summed E-state index contributed by atoms with van der Waals surface area (Å²) in [6.45, 7) is 3.33. The van der Waals surface area contributed by atoms with E-state index in [9.17, 15) is 14.3 Å². The van der Waals surface area contributed by atoms with Crippen LogP contribution in [0.15, 0.2) is 54.7 Å². The van der Waals surface area contributed by atoms with E-state index in [-0.39, 0.29) is 11.6 Å². The molecule has 0 spiro atoms. The number of aromatic nitrogens is 1. The van der Waals surface area contributed by atoms with Gasteiger partial charge in [-0.2, -0.15) is 0 Å². The summed E-state index contributed by atoms with van der Waals surface area (Å²) in [4.78, 5) is 14.6. The molecule has 2 aliphatic rings. The number of aliphatic hydroxyl groups is 1. The number of piperidine rings is 1. The Morgan fingerprint density at radius 1 is 1.07 bits per heavy atom. The van der Waals surface area contributed by atoms with Gasteiger partial charge in [0.1, 0.15) is 5.82 Å². The molecule has 2 fully saturated rings. The molecular weight excluding hydrogens is 379 g/mol. The van der Waals surface area contributed by atoms with E-state index in [1.807, 2.05) is 24.4 Å². The smallest absolute Gasteiger partial charge is 0.161 e. The zero-order chi connectivity index (χ0) is 20.9. The van der Waals surface area contributed by atoms with Gasteiger partial charge in [-0.3, -0.25) is 9.69 Å². The predicted octanol–water partition coefficient (Wildman–Crippen LogP) is 4.50. The van der Waals surface area contributed by atoms with Crippen molar-refractivity contribution >= 4 is 16.7 Å². The number of Topliss-reactive ketones (excluding diaryl/α,β-unsaturated/α-hetero) is 1. The zero-order valence-corrected chi connectivity index (χ0v) is 17.2. The number of carbonyl (C=O) groups is 1. The summed E-state index contributed by atoms with van der Waals surface area (Å²) in [6.07, 6.45) is 5.51. The molecule has 0 amide bonds. The van der Waals surface area contributed by atoms with Gasteiger partial charge < -0.3 is 9.67 Å². The Balaban J connectivity index is 1.34. The van der Waals surface area contributed by atoms with Gasteiger partial charge in [0.2, 0.25) is 0 Å². The third kappa shape index (κ3) is 3.26. The van der Waals surface area contributed by atoms with Crippen LogP contribution in [-0.4, -0.2) is 39.0 Å². The molecule has 0 aliphatic carbocycles. The maximum absolute atomic E-state index is 13.3. The Morgan fingerprint density at radius 2 is 1.73 bits per heavy atom. The first-order chi connectivity index (χ1) is 14.4. The second-order valence-corrected chi connectivity index (χ2v) is 8.88. The largest absolute Gasteiger partial charge is 0.385 e. The molecule has 1 aromatic heterocycles. The lowest BCUT2D eigenvalue weighted by molar-refractivity contribution is -0.0575. The number of nitrogens with zero attached hydrogens (tertiary/aromatic N) is 2. The second-order valence-electron chi connectivity index (χ2n) is 8.88. The summed E-state index contributed by atoms with van der Waals surface area (Å²) in [5.74, 6) is -0.181. The van der Waals surface area contributed by atoms with E-state index in [0.29, 0.717) is 24.9 Å². The summed E-state index contributed by atoms with van der Waals surface area (Å²) in [7, 11) is 0. The Bertz CT molecular complexity index is 1070. The van der Waals surface area contributed by atoms with Gasteiger partial charge in [-0.1, -0.05) is 30.3 Å². The van der Waals surface area contributed by atoms with E-state index in [0.717, 1.165) is 48.0 Å². The van der Waals surface area contributed by atoms with E-state index >= 15 is 0 Å². The van der Waals surface area contributed by atoms with E-state index in [1.165, 1.54) is 12.1 Å². The van der Waals surface area contributed by atoms with Crippen LogP contribution in [0, 0.1) is 5.82 Å². The molecule has 1 N–H and O–H groups in total. The number of halogens is 1. The quantitative estimate of drug-likeness (QED) is 0.635. The second kappa shape index (κ2) is 7.33. The van der Waals surface area contributed by atoms with Gasteiger partial charge in [-0.15, -0.1) is 0 Å². The van der Waals surface area contributed by atoms with Crippen LogP contribution in [0.2, 0.25) is 0 Å². The number of benzene rings is 2. The van der Waals surface area contributed by atoms with Crippen molar-refractivity contribution in [3.05, 3.63) is 71.7 Å². The minimum atomic E-state index is -0.877. The van der Waals surface area contributed by atoms with Gasteiger partial charge in [-0.05, 0) is 56.4 Å². The molecule has 3 heterocycles. The summed E-state index contributed by atoms with van der Waals surface area (Å²) < 4.78 is 15.5. The molecule has 4 nitrogen and oxygen atoms in total. The molecule has 0 saturated carbocycles. The van der Waals surface area contributed by atoms with E-state index in [1.54, 1.807) is 19.1 Å². The highest BCUT2D eigenvalue weighted by atomic mass is 19.1. The van der Waals surface area contributed by atoms with Crippen LogP contribution >= 0.6 is 0 Å². The van der Waals surface area contributed by atoms with Crippen LogP contribution in [0.4, 0.5) is 4.39 Å². The molecule has 2 unspecified atom stereocenters. The van der Waals surface area contributed by atoms with Crippen molar-refractivity contribution in [1.82, 2.24) is 9.47 Å². The first kappa shape index (κ1) is 19.5. The molecule has 2 aliphatic heterocycles. The number of ketones is 1. The molecule has 3 aromatic rings. The Kier molecular flexibility index (Phi) is 4.75. The Morgan fingerprint density at radius 3 is 2.40 bits per heavy atom. The fourth-order valence-electron chi connectivity index (χ4n) is 5.61. The zero-order valence-electron chi connectivity index (χ0n) is 17.2. The van der Waals surface area contributed by atoms with Crippen LogP contribution in [0.1, 0.15) is 48.5 Å². The van der Waals surface area contributed by atoms with Crippen LogP contribution in [0.25, 0.3) is 10.9 Å². The first-order valence-electron chi connectivity index (χ1n) is 10.8. The minimum absolute atomic E-state index is 0.0901. The van der Waals surface area contributed by atoms with E-state index < -0.39 is 5.60 Å². The lowest BCUT2D eigenvalue weighted by Gasteiger charge is -2.44. The lowest BCUT2D eigenvalue weighted by Crippen LogP contribution is -2.50. The summed E-state index contributed by atoms with van der Waals surface area (Å²) in [6, 6.07) is 15.0. The highest BCUT2D eigenvalue weighted by Crippen LogP contribution is 2.45. The molecule has 2 saturated heterocycles. The van der Waals surface area contributed by atoms with Crippen molar-refractivity contribution in [1.29, 1.82) is 0 Å². The molecule has 156 valence electrons. The van der Waals surface area contributed by atoms with Gasteiger partial charge in [0.05, 0.1) is 5.60 Å². The average molecular weight is 407 g/mol. The number of fused-ring (bicyclic) bond motifs is 3. The topological polar surface area (TPSA) is 45.5 Å². The fraction of sp³-hybridized carbons (Fsp3) is 0.400. The monoisotopic (exact) mass is 406 g/mol. The number of hydrogen-bond donors (Lipinski definition) is 1. The molecule has 30 heavy (non-hydrogen) atoms. The van der Waals surface area contributed by atoms with E-state index in [2.05, 4.69) is 15.5 Å². The molecule has 2 atom stereocenters. The SMILES string of the molecule is CC(=O)c1cn(CCN2C3CCC2CC(O)(c2ccc(F)cc2)C3)c2ccccc12. The minimum Gasteiger partial charge on any atom is -0.385 e. The summed E-state index contributed by atoms with van der Waals surface area (Å²) >= 11 is 0.